The number of amides is 1. The van der Waals surface area contributed by atoms with E-state index in [4.69, 9.17) is 11.0 Å². The lowest BCUT2D eigenvalue weighted by molar-refractivity contribution is -0.109. The number of carbonyl (C=O) groups excluding carboxylic acids is 1. The first-order valence-corrected chi connectivity index (χ1v) is 6.60. The zero-order valence-corrected chi connectivity index (χ0v) is 11.2. The molecule has 1 heterocycles. The fraction of sp³-hybridized carbons (Fsp3) is 0.385. The van der Waals surface area contributed by atoms with Crippen LogP contribution in [0.2, 0.25) is 0 Å². The van der Waals surface area contributed by atoms with E-state index < -0.39 is 0 Å². The zero-order valence-electron chi connectivity index (χ0n) is 10.3. The molecule has 0 saturated carbocycles. The second-order valence-corrected chi connectivity index (χ2v) is 5.12. The van der Waals surface area contributed by atoms with Gasteiger partial charge in [0.15, 0.2) is 0 Å². The van der Waals surface area contributed by atoms with Crippen molar-refractivity contribution < 1.29 is 4.79 Å². The Morgan fingerprint density at radius 1 is 1.67 bits per heavy atom. The molecule has 1 rings (SSSR count). The van der Waals surface area contributed by atoms with Gasteiger partial charge >= 0.3 is 0 Å². The van der Waals surface area contributed by atoms with Crippen molar-refractivity contribution in [1.82, 2.24) is 5.32 Å². The first kappa shape index (κ1) is 14.4. The Kier molecular flexibility index (Phi) is 6.12. The van der Waals surface area contributed by atoms with Gasteiger partial charge in [0.1, 0.15) is 10.9 Å². The van der Waals surface area contributed by atoms with E-state index in [-0.39, 0.29) is 6.04 Å². The third-order valence-corrected chi connectivity index (χ3v) is 3.48. The number of hydrogen-bond acceptors (Lipinski definition) is 4. The molecule has 0 bridgehead atoms. The molecule has 5 heteroatoms. The molecule has 0 aromatic carbocycles. The molecule has 1 aromatic rings. The topological polar surface area (TPSA) is 78.9 Å². The van der Waals surface area contributed by atoms with Gasteiger partial charge < -0.3 is 11.1 Å². The molecular formula is C13H17N3OS. The van der Waals surface area contributed by atoms with Gasteiger partial charge in [0, 0.05) is 23.9 Å². The molecule has 3 N–H and O–H groups in total. The summed E-state index contributed by atoms with van der Waals surface area (Å²) in [5, 5.41) is 11.5. The smallest absolute Gasteiger partial charge is 0.207 e. The summed E-state index contributed by atoms with van der Waals surface area (Å²) in [4.78, 5) is 12.1. The number of nitrogens with two attached hydrogens (primary N) is 1. The van der Waals surface area contributed by atoms with Crippen LogP contribution in [0.1, 0.15) is 22.2 Å². The van der Waals surface area contributed by atoms with Gasteiger partial charge in [-0.05, 0) is 25.0 Å². The van der Waals surface area contributed by atoms with Crippen LogP contribution in [0.3, 0.4) is 0 Å². The van der Waals surface area contributed by atoms with Crippen molar-refractivity contribution >= 4 is 17.7 Å². The average Bonchev–Trinajstić information content (AvgIpc) is 2.72. The van der Waals surface area contributed by atoms with E-state index in [1.165, 1.54) is 11.3 Å². The fourth-order valence-electron chi connectivity index (χ4n) is 1.56. The summed E-state index contributed by atoms with van der Waals surface area (Å²) >= 11 is 1.50. The van der Waals surface area contributed by atoms with Crippen molar-refractivity contribution in [3.05, 3.63) is 33.5 Å². The molecule has 0 aliphatic carbocycles. The molecule has 0 spiro atoms. The summed E-state index contributed by atoms with van der Waals surface area (Å²) in [5.74, 6) is 0. The van der Waals surface area contributed by atoms with Crippen molar-refractivity contribution in [2.45, 2.75) is 25.8 Å². The van der Waals surface area contributed by atoms with Crippen LogP contribution in [-0.4, -0.2) is 19.0 Å². The molecular weight excluding hydrogens is 246 g/mol. The maximum absolute atomic E-state index is 10.2. The summed E-state index contributed by atoms with van der Waals surface area (Å²) < 4.78 is 0. The van der Waals surface area contributed by atoms with E-state index in [0.717, 1.165) is 23.3 Å². The number of rotatable bonds is 7. The number of nitriles is 1. The summed E-state index contributed by atoms with van der Waals surface area (Å²) in [6, 6.07) is 4.09. The highest BCUT2D eigenvalue weighted by molar-refractivity contribution is 7.12. The van der Waals surface area contributed by atoms with Crippen molar-refractivity contribution in [3.8, 4) is 6.07 Å². The lowest BCUT2D eigenvalue weighted by Gasteiger charge is -2.01. The van der Waals surface area contributed by atoms with E-state index in [2.05, 4.69) is 11.4 Å². The standard InChI is InChI=1S/C13H17N3OS/c1-10(15)3-2-4-13-11(5-6-16-9-17)7-12(8-14)18-13/h2-3,7,9-10H,4-6,15H2,1H3,(H,16,17)/b3-2+/t10-/m0/s1. The summed E-state index contributed by atoms with van der Waals surface area (Å²) in [6.45, 7) is 2.51. The number of carbonyl (C=O) groups is 1. The quantitative estimate of drug-likeness (QED) is 0.443. The van der Waals surface area contributed by atoms with Crippen LogP contribution >= 0.6 is 11.3 Å². The monoisotopic (exact) mass is 263 g/mol. The molecule has 0 aliphatic heterocycles. The minimum absolute atomic E-state index is 0.0422. The molecule has 0 aliphatic rings. The normalized spacial score (nSPS) is 12.3. The van der Waals surface area contributed by atoms with E-state index in [9.17, 15) is 4.79 Å². The van der Waals surface area contributed by atoms with Crippen molar-refractivity contribution in [2.24, 2.45) is 5.73 Å². The molecule has 1 atom stereocenters. The Hall–Kier alpha value is -1.64. The predicted molar refractivity (Wildman–Crippen MR) is 73.3 cm³/mol. The zero-order chi connectivity index (χ0) is 13.4. The molecule has 1 amide bonds. The van der Waals surface area contributed by atoms with Gasteiger partial charge in [-0.2, -0.15) is 5.26 Å². The van der Waals surface area contributed by atoms with Crippen molar-refractivity contribution in [1.29, 1.82) is 5.26 Å². The Labute approximate surface area is 111 Å². The van der Waals surface area contributed by atoms with Gasteiger partial charge in [-0.1, -0.05) is 12.2 Å². The van der Waals surface area contributed by atoms with E-state index in [1.807, 2.05) is 25.1 Å². The average molecular weight is 263 g/mol. The van der Waals surface area contributed by atoms with E-state index >= 15 is 0 Å². The van der Waals surface area contributed by atoms with Gasteiger partial charge in [0.25, 0.3) is 0 Å². The van der Waals surface area contributed by atoms with Crippen LogP contribution < -0.4 is 11.1 Å². The van der Waals surface area contributed by atoms with Gasteiger partial charge in [0.2, 0.25) is 6.41 Å². The second-order valence-electron chi connectivity index (χ2n) is 3.98. The first-order valence-electron chi connectivity index (χ1n) is 5.78. The Morgan fingerprint density at radius 3 is 3.06 bits per heavy atom. The summed E-state index contributed by atoms with van der Waals surface area (Å²) in [5.41, 5.74) is 6.76. The second kappa shape index (κ2) is 7.64. The van der Waals surface area contributed by atoms with Gasteiger partial charge in [0.05, 0.1) is 0 Å². The molecule has 1 aromatic heterocycles. The number of nitrogens with one attached hydrogen (secondary N) is 1. The van der Waals surface area contributed by atoms with Gasteiger partial charge in [-0.3, -0.25) is 4.79 Å². The fourth-order valence-corrected chi connectivity index (χ4v) is 2.55. The van der Waals surface area contributed by atoms with E-state index in [1.54, 1.807) is 0 Å². The van der Waals surface area contributed by atoms with Gasteiger partial charge in [-0.25, -0.2) is 0 Å². The Morgan fingerprint density at radius 2 is 2.44 bits per heavy atom. The van der Waals surface area contributed by atoms with Gasteiger partial charge in [-0.15, -0.1) is 11.3 Å². The van der Waals surface area contributed by atoms with Crippen molar-refractivity contribution in [3.63, 3.8) is 0 Å². The van der Waals surface area contributed by atoms with Crippen LogP contribution in [-0.2, 0) is 17.6 Å². The summed E-state index contributed by atoms with van der Waals surface area (Å²) in [6.07, 6.45) is 6.18. The lowest BCUT2D eigenvalue weighted by atomic mass is 10.1. The van der Waals surface area contributed by atoms with Crippen LogP contribution in [0.5, 0.6) is 0 Å². The minimum atomic E-state index is 0.0422. The van der Waals surface area contributed by atoms with Crippen LogP contribution in [0.4, 0.5) is 0 Å². The maximum atomic E-state index is 10.2. The largest absolute Gasteiger partial charge is 0.358 e. The van der Waals surface area contributed by atoms with Crippen LogP contribution in [0, 0.1) is 11.3 Å². The van der Waals surface area contributed by atoms with Crippen LogP contribution in [0.25, 0.3) is 0 Å². The molecule has 96 valence electrons. The first-order chi connectivity index (χ1) is 8.67. The van der Waals surface area contributed by atoms with Crippen molar-refractivity contribution in [2.75, 3.05) is 6.54 Å². The number of allylic oxidation sites excluding steroid dienone is 1. The Bertz CT molecular complexity index is 457. The molecule has 0 unspecified atom stereocenters. The molecule has 18 heavy (non-hydrogen) atoms. The van der Waals surface area contributed by atoms with E-state index in [0.29, 0.717) is 17.8 Å². The highest BCUT2D eigenvalue weighted by Gasteiger charge is 2.07. The molecule has 0 fully saturated rings. The predicted octanol–water partition coefficient (Wildman–Crippen LogP) is 1.35. The summed E-state index contributed by atoms with van der Waals surface area (Å²) in [7, 11) is 0. The SMILES string of the molecule is C[C@H](N)/C=C/Cc1sc(C#N)cc1CCNC=O. The lowest BCUT2D eigenvalue weighted by Crippen LogP contribution is -2.14. The number of hydrogen-bond donors (Lipinski definition) is 2. The highest BCUT2D eigenvalue weighted by Crippen LogP contribution is 2.23. The third kappa shape index (κ3) is 4.70. The molecule has 0 radical (unpaired) electrons. The van der Waals surface area contributed by atoms with Crippen LogP contribution in [0.15, 0.2) is 18.2 Å². The maximum Gasteiger partial charge on any atom is 0.207 e. The number of nitrogens with zero attached hydrogens (tertiary/aromatic N) is 1. The molecule has 0 saturated heterocycles. The third-order valence-electron chi connectivity index (χ3n) is 2.37. The minimum Gasteiger partial charge on any atom is -0.358 e. The highest BCUT2D eigenvalue weighted by atomic mass is 32.1. The molecule has 4 nitrogen and oxygen atoms in total. The number of thiophene rings is 1. The Balaban J connectivity index is 2.71.